The van der Waals surface area contributed by atoms with Crippen LogP contribution in [0.2, 0.25) is 5.02 Å². The SMILES string of the molecule is CC(C)(C)c1cncc(OC2CC2)c1Cl. The minimum Gasteiger partial charge on any atom is -0.487 e. The van der Waals surface area contributed by atoms with Gasteiger partial charge in [-0.05, 0) is 23.8 Å². The Bertz CT molecular complexity index is 366. The van der Waals surface area contributed by atoms with Gasteiger partial charge in [-0.25, -0.2) is 0 Å². The van der Waals surface area contributed by atoms with Crippen LogP contribution in [-0.2, 0) is 5.41 Å². The van der Waals surface area contributed by atoms with Gasteiger partial charge >= 0.3 is 0 Å². The average molecular weight is 226 g/mol. The van der Waals surface area contributed by atoms with Crippen molar-refractivity contribution in [1.82, 2.24) is 4.98 Å². The quantitative estimate of drug-likeness (QED) is 0.768. The summed E-state index contributed by atoms with van der Waals surface area (Å²) in [4.78, 5) is 4.18. The number of halogens is 1. The Kier molecular flexibility index (Phi) is 2.63. The molecule has 0 atom stereocenters. The van der Waals surface area contributed by atoms with Crippen LogP contribution in [0.4, 0.5) is 0 Å². The Morgan fingerprint density at radius 2 is 2.00 bits per heavy atom. The fourth-order valence-electron chi connectivity index (χ4n) is 1.40. The van der Waals surface area contributed by atoms with E-state index in [4.69, 9.17) is 16.3 Å². The maximum atomic E-state index is 6.30. The van der Waals surface area contributed by atoms with Gasteiger partial charge in [0.05, 0.1) is 17.3 Å². The number of aromatic nitrogens is 1. The molecule has 1 aromatic rings. The largest absolute Gasteiger partial charge is 0.487 e. The highest BCUT2D eigenvalue weighted by Gasteiger charge is 2.26. The molecule has 1 heterocycles. The van der Waals surface area contributed by atoms with Crippen molar-refractivity contribution in [3.8, 4) is 5.75 Å². The molecular weight excluding hydrogens is 210 g/mol. The van der Waals surface area contributed by atoms with Gasteiger partial charge in [-0.3, -0.25) is 4.98 Å². The molecule has 82 valence electrons. The van der Waals surface area contributed by atoms with Crippen LogP contribution in [-0.4, -0.2) is 11.1 Å². The first-order valence-electron chi connectivity index (χ1n) is 5.29. The molecule has 0 amide bonds. The first-order valence-corrected chi connectivity index (χ1v) is 5.67. The van der Waals surface area contributed by atoms with Gasteiger partial charge in [0, 0.05) is 6.20 Å². The molecule has 0 saturated heterocycles. The summed E-state index contributed by atoms with van der Waals surface area (Å²) in [6.45, 7) is 6.37. The normalized spacial score (nSPS) is 16.5. The summed E-state index contributed by atoms with van der Waals surface area (Å²) in [5, 5.41) is 0.712. The molecule has 1 aliphatic carbocycles. The molecule has 0 bridgehead atoms. The van der Waals surface area contributed by atoms with Crippen LogP contribution in [0.25, 0.3) is 0 Å². The Morgan fingerprint density at radius 1 is 1.33 bits per heavy atom. The molecule has 0 spiro atoms. The number of hydrogen-bond acceptors (Lipinski definition) is 2. The molecule has 0 aliphatic heterocycles. The maximum absolute atomic E-state index is 6.30. The standard InChI is InChI=1S/C12H16ClNO/c1-12(2,3)9-6-14-7-10(11(9)13)15-8-4-5-8/h6-8H,4-5H2,1-3H3. The molecule has 2 rings (SSSR count). The molecule has 1 aliphatic rings. The monoisotopic (exact) mass is 225 g/mol. The third kappa shape index (κ3) is 2.43. The van der Waals surface area contributed by atoms with Crippen LogP contribution in [0, 0.1) is 0 Å². The second-order valence-corrected chi connectivity index (χ2v) is 5.44. The highest BCUT2D eigenvalue weighted by molar-refractivity contribution is 6.32. The lowest BCUT2D eigenvalue weighted by atomic mass is 9.88. The molecule has 1 fully saturated rings. The van der Waals surface area contributed by atoms with Crippen molar-refractivity contribution in [2.24, 2.45) is 0 Å². The van der Waals surface area contributed by atoms with E-state index in [9.17, 15) is 0 Å². The molecule has 0 aromatic carbocycles. The van der Waals surface area contributed by atoms with E-state index in [-0.39, 0.29) is 5.41 Å². The van der Waals surface area contributed by atoms with E-state index in [1.54, 1.807) is 6.20 Å². The van der Waals surface area contributed by atoms with E-state index in [1.807, 2.05) is 6.20 Å². The summed E-state index contributed by atoms with van der Waals surface area (Å²) in [7, 11) is 0. The molecule has 0 unspecified atom stereocenters. The van der Waals surface area contributed by atoms with Crippen molar-refractivity contribution < 1.29 is 4.74 Å². The number of ether oxygens (including phenoxy) is 1. The van der Waals surface area contributed by atoms with E-state index >= 15 is 0 Å². The van der Waals surface area contributed by atoms with Gasteiger partial charge in [0.1, 0.15) is 0 Å². The summed E-state index contributed by atoms with van der Waals surface area (Å²) in [6, 6.07) is 0. The van der Waals surface area contributed by atoms with Gasteiger partial charge in [-0.15, -0.1) is 0 Å². The molecule has 0 radical (unpaired) electrons. The zero-order valence-corrected chi connectivity index (χ0v) is 10.1. The van der Waals surface area contributed by atoms with E-state index < -0.39 is 0 Å². The summed E-state index contributed by atoms with van der Waals surface area (Å²) in [5.41, 5.74) is 1.05. The van der Waals surface area contributed by atoms with Crippen LogP contribution in [0.1, 0.15) is 39.2 Å². The number of hydrogen-bond donors (Lipinski definition) is 0. The van der Waals surface area contributed by atoms with E-state index in [0.717, 1.165) is 24.2 Å². The Balaban J connectivity index is 2.31. The van der Waals surface area contributed by atoms with Gasteiger partial charge in [-0.1, -0.05) is 32.4 Å². The highest BCUT2D eigenvalue weighted by Crippen LogP contribution is 2.37. The molecule has 15 heavy (non-hydrogen) atoms. The zero-order chi connectivity index (χ0) is 11.1. The van der Waals surface area contributed by atoms with Crippen molar-refractivity contribution in [2.45, 2.75) is 45.1 Å². The van der Waals surface area contributed by atoms with Crippen LogP contribution in [0.15, 0.2) is 12.4 Å². The third-order valence-corrected chi connectivity index (χ3v) is 2.86. The Hall–Kier alpha value is -0.760. The lowest BCUT2D eigenvalue weighted by molar-refractivity contribution is 0.301. The van der Waals surface area contributed by atoms with Crippen molar-refractivity contribution in [1.29, 1.82) is 0 Å². The van der Waals surface area contributed by atoms with E-state index in [1.165, 1.54) is 0 Å². The van der Waals surface area contributed by atoms with Crippen LogP contribution >= 0.6 is 11.6 Å². The maximum Gasteiger partial charge on any atom is 0.156 e. The fourth-order valence-corrected chi connectivity index (χ4v) is 1.82. The van der Waals surface area contributed by atoms with Crippen molar-refractivity contribution in [3.63, 3.8) is 0 Å². The van der Waals surface area contributed by atoms with Gasteiger partial charge in [-0.2, -0.15) is 0 Å². The minimum atomic E-state index is 0.00695. The summed E-state index contributed by atoms with van der Waals surface area (Å²) in [6.07, 6.45) is 6.16. The number of nitrogens with zero attached hydrogens (tertiary/aromatic N) is 1. The Labute approximate surface area is 95.6 Å². The third-order valence-electron chi connectivity index (χ3n) is 2.47. The van der Waals surface area contributed by atoms with Crippen LogP contribution in [0.5, 0.6) is 5.75 Å². The van der Waals surface area contributed by atoms with Crippen molar-refractivity contribution >= 4 is 11.6 Å². The molecule has 0 N–H and O–H groups in total. The molecule has 3 heteroatoms. The van der Waals surface area contributed by atoms with Crippen molar-refractivity contribution in [3.05, 3.63) is 23.0 Å². The lowest BCUT2D eigenvalue weighted by Gasteiger charge is -2.21. The number of rotatable bonds is 2. The van der Waals surface area contributed by atoms with E-state index in [0.29, 0.717) is 11.1 Å². The van der Waals surface area contributed by atoms with Gasteiger partial charge in [0.2, 0.25) is 0 Å². The molecule has 1 saturated carbocycles. The highest BCUT2D eigenvalue weighted by atomic mass is 35.5. The molecule has 1 aromatic heterocycles. The van der Waals surface area contributed by atoms with E-state index in [2.05, 4.69) is 25.8 Å². The average Bonchev–Trinajstić information content (AvgIpc) is 2.90. The Morgan fingerprint density at radius 3 is 2.53 bits per heavy atom. The van der Waals surface area contributed by atoms with Gasteiger partial charge < -0.3 is 4.74 Å². The first-order chi connectivity index (χ1) is 6.98. The van der Waals surface area contributed by atoms with Gasteiger partial charge in [0.25, 0.3) is 0 Å². The zero-order valence-electron chi connectivity index (χ0n) is 9.38. The molecule has 2 nitrogen and oxygen atoms in total. The van der Waals surface area contributed by atoms with Crippen molar-refractivity contribution in [2.75, 3.05) is 0 Å². The van der Waals surface area contributed by atoms with Gasteiger partial charge in [0.15, 0.2) is 5.75 Å². The topological polar surface area (TPSA) is 22.1 Å². The lowest BCUT2D eigenvalue weighted by Crippen LogP contribution is -2.13. The smallest absolute Gasteiger partial charge is 0.156 e. The second kappa shape index (κ2) is 3.67. The van der Waals surface area contributed by atoms with Crippen LogP contribution < -0.4 is 4.74 Å². The predicted octanol–water partition coefficient (Wildman–Crippen LogP) is 3.57. The summed E-state index contributed by atoms with van der Waals surface area (Å²) < 4.78 is 5.70. The fraction of sp³-hybridized carbons (Fsp3) is 0.583. The summed E-state index contributed by atoms with van der Waals surface area (Å²) in [5.74, 6) is 0.728. The first kappa shape index (κ1) is 10.7. The minimum absolute atomic E-state index is 0.00695. The summed E-state index contributed by atoms with van der Waals surface area (Å²) >= 11 is 6.30. The number of pyridine rings is 1. The molecular formula is C12H16ClNO. The predicted molar refractivity (Wildman–Crippen MR) is 61.6 cm³/mol. The second-order valence-electron chi connectivity index (χ2n) is 5.07. The van der Waals surface area contributed by atoms with Crippen LogP contribution in [0.3, 0.4) is 0 Å².